The number of para-hydroxylation sites is 1. The number of anilines is 2. The minimum Gasteiger partial charge on any atom is -0.417 e. The molecule has 0 spiro atoms. The van der Waals surface area contributed by atoms with E-state index in [0.717, 1.165) is 18.4 Å². The van der Waals surface area contributed by atoms with Gasteiger partial charge in [-0.3, -0.25) is 4.57 Å². The molecule has 1 N–H and O–H groups in total. The van der Waals surface area contributed by atoms with E-state index in [-0.39, 0.29) is 5.88 Å². The van der Waals surface area contributed by atoms with Crippen LogP contribution in [-0.2, 0) is 0 Å². The van der Waals surface area contributed by atoms with Gasteiger partial charge in [0.15, 0.2) is 0 Å². The lowest BCUT2D eigenvalue weighted by atomic mass is 10.1. The molecule has 5 rings (SSSR count). The largest absolute Gasteiger partial charge is 0.417 e. The number of aromatic nitrogens is 3. The highest BCUT2D eigenvalue weighted by Crippen LogP contribution is 2.41. The summed E-state index contributed by atoms with van der Waals surface area (Å²) in [6.45, 7) is 0.881. The summed E-state index contributed by atoms with van der Waals surface area (Å²) in [4.78, 5) is 21.3. The monoisotopic (exact) mass is 446 g/mol. The van der Waals surface area contributed by atoms with Gasteiger partial charge in [0.05, 0.1) is 11.2 Å². The first kappa shape index (κ1) is 20.8. The Bertz CT molecular complexity index is 1410. The van der Waals surface area contributed by atoms with E-state index >= 15 is 0 Å². The first-order valence-electron chi connectivity index (χ1n) is 10.5. The smallest absolute Gasteiger partial charge is 0.388 e. The molecule has 6 nitrogen and oxygen atoms in total. The maximum Gasteiger partial charge on any atom is 0.388 e. The molecular formula is C25H20F2N4O2. The number of ether oxygens (including phenoxy) is 1. The van der Waals surface area contributed by atoms with Crippen LogP contribution in [0.2, 0.25) is 0 Å². The zero-order valence-corrected chi connectivity index (χ0v) is 17.5. The quantitative estimate of drug-likeness (QED) is 0.398. The lowest BCUT2D eigenvalue weighted by Crippen LogP contribution is -2.23. The van der Waals surface area contributed by atoms with Crippen molar-refractivity contribution in [3.05, 3.63) is 89.0 Å². The van der Waals surface area contributed by atoms with Gasteiger partial charge >= 0.3 is 12.3 Å². The van der Waals surface area contributed by atoms with E-state index in [2.05, 4.69) is 26.6 Å². The third kappa shape index (κ3) is 4.19. The SMILES string of the molecule is C=Cc1ccccc1-n1c(=O)nc(Nc2ccnc(OC(F)F)c2)c2ccc(C3CC3)cc21. The Kier molecular flexibility index (Phi) is 5.34. The summed E-state index contributed by atoms with van der Waals surface area (Å²) < 4.78 is 31.1. The average Bonchev–Trinajstić information content (AvgIpc) is 3.64. The van der Waals surface area contributed by atoms with Crippen molar-refractivity contribution in [1.82, 2.24) is 14.5 Å². The van der Waals surface area contributed by atoms with Crippen molar-refractivity contribution in [3.63, 3.8) is 0 Å². The Hall–Kier alpha value is -4.07. The van der Waals surface area contributed by atoms with Crippen LogP contribution in [0.5, 0.6) is 5.88 Å². The van der Waals surface area contributed by atoms with E-state index < -0.39 is 12.3 Å². The lowest BCUT2D eigenvalue weighted by Gasteiger charge is -2.16. The average molecular weight is 446 g/mol. The first-order chi connectivity index (χ1) is 16.0. The van der Waals surface area contributed by atoms with Crippen LogP contribution < -0.4 is 15.7 Å². The van der Waals surface area contributed by atoms with Crippen LogP contribution in [-0.4, -0.2) is 21.1 Å². The van der Waals surface area contributed by atoms with Crippen molar-refractivity contribution in [3.8, 4) is 11.6 Å². The second kappa shape index (κ2) is 8.46. The summed E-state index contributed by atoms with van der Waals surface area (Å²) in [6, 6.07) is 16.4. The minimum absolute atomic E-state index is 0.233. The van der Waals surface area contributed by atoms with Gasteiger partial charge in [-0.1, -0.05) is 36.9 Å². The topological polar surface area (TPSA) is 69.0 Å². The van der Waals surface area contributed by atoms with E-state index in [0.29, 0.717) is 34.0 Å². The molecule has 8 heteroatoms. The predicted molar refractivity (Wildman–Crippen MR) is 124 cm³/mol. The van der Waals surface area contributed by atoms with Crippen LogP contribution in [0.15, 0.2) is 72.2 Å². The van der Waals surface area contributed by atoms with Crippen LogP contribution in [0.3, 0.4) is 0 Å². The Balaban J connectivity index is 1.67. The number of halogens is 2. The number of nitrogens with zero attached hydrogens (tertiary/aromatic N) is 3. The zero-order chi connectivity index (χ0) is 22.9. The molecule has 2 heterocycles. The highest BCUT2D eigenvalue weighted by atomic mass is 19.3. The van der Waals surface area contributed by atoms with Crippen LogP contribution in [0.4, 0.5) is 20.3 Å². The van der Waals surface area contributed by atoms with Crippen molar-refractivity contribution in [2.24, 2.45) is 0 Å². The van der Waals surface area contributed by atoms with E-state index in [4.69, 9.17) is 0 Å². The summed E-state index contributed by atoms with van der Waals surface area (Å²) in [6.07, 6.45) is 5.29. The van der Waals surface area contributed by atoms with Gasteiger partial charge in [0.1, 0.15) is 5.82 Å². The molecule has 0 saturated heterocycles. The molecule has 4 aromatic rings. The van der Waals surface area contributed by atoms with Gasteiger partial charge in [-0.15, -0.1) is 0 Å². The van der Waals surface area contributed by atoms with Crippen molar-refractivity contribution >= 4 is 28.5 Å². The van der Waals surface area contributed by atoms with E-state index in [9.17, 15) is 13.6 Å². The van der Waals surface area contributed by atoms with Gasteiger partial charge in [0.2, 0.25) is 5.88 Å². The summed E-state index contributed by atoms with van der Waals surface area (Å²) in [5.41, 5.74) is 3.32. The molecule has 1 aliphatic rings. The fraction of sp³-hybridized carbons (Fsp3) is 0.160. The van der Waals surface area contributed by atoms with Crippen LogP contribution >= 0.6 is 0 Å². The van der Waals surface area contributed by atoms with E-state index in [1.165, 1.54) is 17.8 Å². The fourth-order valence-electron chi connectivity index (χ4n) is 3.88. The van der Waals surface area contributed by atoms with Crippen molar-refractivity contribution in [2.75, 3.05) is 5.32 Å². The van der Waals surface area contributed by atoms with Gasteiger partial charge in [0, 0.05) is 23.3 Å². The highest BCUT2D eigenvalue weighted by molar-refractivity contribution is 5.92. The number of benzene rings is 2. The Labute approximate surface area is 188 Å². The summed E-state index contributed by atoms with van der Waals surface area (Å²) in [7, 11) is 0. The molecule has 0 unspecified atom stereocenters. The first-order valence-corrected chi connectivity index (χ1v) is 10.5. The van der Waals surface area contributed by atoms with Gasteiger partial charge in [-0.25, -0.2) is 9.78 Å². The molecule has 0 amide bonds. The number of hydrogen-bond acceptors (Lipinski definition) is 5. The van der Waals surface area contributed by atoms with Gasteiger partial charge in [-0.05, 0) is 54.2 Å². The lowest BCUT2D eigenvalue weighted by molar-refractivity contribution is -0.0527. The number of hydrogen-bond donors (Lipinski definition) is 1. The molecule has 0 bridgehead atoms. The zero-order valence-electron chi connectivity index (χ0n) is 17.5. The third-order valence-corrected chi connectivity index (χ3v) is 5.57. The van der Waals surface area contributed by atoms with E-state index in [1.54, 1.807) is 16.7 Å². The molecule has 166 valence electrons. The summed E-state index contributed by atoms with van der Waals surface area (Å²) in [5.74, 6) is 0.578. The van der Waals surface area contributed by atoms with Crippen LogP contribution in [0, 0.1) is 0 Å². The number of alkyl halides is 2. The Morgan fingerprint density at radius 3 is 2.73 bits per heavy atom. The fourth-order valence-corrected chi connectivity index (χ4v) is 3.88. The molecule has 0 radical (unpaired) electrons. The number of nitrogens with one attached hydrogen (secondary N) is 1. The van der Waals surface area contributed by atoms with Gasteiger partial charge in [-0.2, -0.15) is 13.8 Å². The molecule has 0 aliphatic heterocycles. The van der Waals surface area contributed by atoms with Crippen LogP contribution in [0.1, 0.15) is 29.9 Å². The molecule has 2 aromatic heterocycles. The van der Waals surface area contributed by atoms with Gasteiger partial charge < -0.3 is 10.1 Å². The minimum atomic E-state index is -2.98. The molecular weight excluding hydrogens is 426 g/mol. The van der Waals surface area contributed by atoms with Gasteiger partial charge in [0.25, 0.3) is 0 Å². The standard InChI is InChI=1S/C25H20F2N4O2/c1-2-15-5-3-4-6-20(15)31-21-13-17(16-7-8-16)9-10-19(21)23(30-25(31)32)29-18-11-12-28-22(14-18)33-24(26)27/h2-6,9-14,16,24H,1,7-8H2,(H,28,29,30,32). The normalized spacial score (nSPS) is 13.3. The number of rotatable bonds is 7. The number of pyridine rings is 1. The maximum absolute atomic E-state index is 13.3. The molecule has 1 aliphatic carbocycles. The second-order valence-electron chi connectivity index (χ2n) is 7.78. The van der Waals surface area contributed by atoms with Crippen LogP contribution in [0.25, 0.3) is 22.7 Å². The molecule has 1 saturated carbocycles. The molecule has 1 fully saturated rings. The number of fused-ring (bicyclic) bond motifs is 1. The Morgan fingerprint density at radius 1 is 1.15 bits per heavy atom. The Morgan fingerprint density at radius 2 is 1.97 bits per heavy atom. The summed E-state index contributed by atoms with van der Waals surface area (Å²) in [5, 5.41) is 3.78. The van der Waals surface area contributed by atoms with Crippen molar-refractivity contribution in [1.29, 1.82) is 0 Å². The van der Waals surface area contributed by atoms with Crippen molar-refractivity contribution < 1.29 is 13.5 Å². The molecule has 2 aromatic carbocycles. The van der Waals surface area contributed by atoms with E-state index in [1.807, 2.05) is 42.5 Å². The van der Waals surface area contributed by atoms with Crippen molar-refractivity contribution in [2.45, 2.75) is 25.4 Å². The second-order valence-corrected chi connectivity index (χ2v) is 7.78. The summed E-state index contributed by atoms with van der Waals surface area (Å²) >= 11 is 0. The maximum atomic E-state index is 13.3. The molecule has 33 heavy (non-hydrogen) atoms. The predicted octanol–water partition coefficient (Wildman–Crippen LogP) is 5.65. The third-order valence-electron chi connectivity index (χ3n) is 5.57. The molecule has 0 atom stereocenters. The highest BCUT2D eigenvalue weighted by Gasteiger charge is 2.25.